The van der Waals surface area contributed by atoms with Gasteiger partial charge in [0, 0.05) is 24.6 Å². The van der Waals surface area contributed by atoms with Crippen LogP contribution in [-0.4, -0.2) is 32.5 Å². The highest BCUT2D eigenvalue weighted by Crippen LogP contribution is 2.41. The molecule has 2 heterocycles. The van der Waals surface area contributed by atoms with Crippen molar-refractivity contribution < 1.29 is 24.6 Å². The molecule has 3 aromatic rings. The lowest BCUT2D eigenvalue weighted by atomic mass is 9.90. The second-order valence-electron chi connectivity index (χ2n) is 11.0. The largest absolute Gasteiger partial charge is 0.494 e. The molecule has 0 saturated heterocycles. The molecule has 1 aliphatic heterocycles. The Morgan fingerprint density at radius 2 is 1.32 bits per heavy atom. The molecule has 40 heavy (non-hydrogen) atoms. The van der Waals surface area contributed by atoms with Crippen molar-refractivity contribution in [3.05, 3.63) is 75.9 Å². The first-order valence-electron chi connectivity index (χ1n) is 13.6. The van der Waals surface area contributed by atoms with Crippen LogP contribution in [-0.2, 0) is 20.8 Å². The smallest absolute Gasteiger partial charge is 0.258 e. The molecule has 0 spiro atoms. The van der Waals surface area contributed by atoms with Gasteiger partial charge in [0.05, 0.1) is 11.4 Å². The van der Waals surface area contributed by atoms with E-state index in [2.05, 4.69) is 17.4 Å². The summed E-state index contributed by atoms with van der Waals surface area (Å²) >= 11 is 0. The number of amides is 3. The minimum absolute atomic E-state index is 0.0681. The first-order chi connectivity index (χ1) is 18.8. The molecule has 210 valence electrons. The van der Waals surface area contributed by atoms with E-state index in [1.807, 2.05) is 53.7 Å². The molecule has 0 saturated carbocycles. The Labute approximate surface area is 234 Å². The van der Waals surface area contributed by atoms with Gasteiger partial charge in [0.25, 0.3) is 11.8 Å². The van der Waals surface area contributed by atoms with Gasteiger partial charge in [-0.05, 0) is 65.5 Å². The molecule has 8 nitrogen and oxygen atoms in total. The van der Waals surface area contributed by atoms with Crippen LogP contribution in [0, 0.1) is 13.8 Å². The molecule has 2 aromatic carbocycles. The van der Waals surface area contributed by atoms with Crippen molar-refractivity contribution in [1.82, 2.24) is 4.57 Å². The summed E-state index contributed by atoms with van der Waals surface area (Å²) in [6.45, 7) is 13.8. The van der Waals surface area contributed by atoms with Crippen LogP contribution in [0.1, 0.15) is 86.3 Å². The number of rotatable bonds is 8. The first kappa shape index (κ1) is 28.7. The number of nitrogens with zero attached hydrogens (tertiary/aromatic N) is 2. The zero-order valence-electron chi connectivity index (χ0n) is 24.1. The number of anilines is 2. The van der Waals surface area contributed by atoms with Crippen LogP contribution in [0.15, 0.2) is 42.5 Å². The molecule has 0 unspecified atom stereocenters. The Morgan fingerprint density at radius 1 is 0.825 bits per heavy atom. The van der Waals surface area contributed by atoms with Crippen LogP contribution in [0.4, 0.5) is 11.4 Å². The highest BCUT2D eigenvalue weighted by molar-refractivity contribution is 6.28. The lowest BCUT2D eigenvalue weighted by Gasteiger charge is -2.24. The van der Waals surface area contributed by atoms with Gasteiger partial charge in [0.15, 0.2) is 0 Å². The predicted octanol–water partition coefficient (Wildman–Crippen LogP) is 6.12. The summed E-state index contributed by atoms with van der Waals surface area (Å²) in [5.41, 5.74) is 7.15. The molecule has 8 heteroatoms. The van der Waals surface area contributed by atoms with Crippen molar-refractivity contribution >= 4 is 29.1 Å². The van der Waals surface area contributed by atoms with Gasteiger partial charge in [-0.15, -0.1) is 0 Å². The standard InChI is InChI=1S/C32H37N3O5/c1-8-26(36)33-25-16-29(39)35(32(25)40)31-20(7)12-22(15-24(31)18(4)5)13-21-11-19(6)30(23(14-21)17(2)3)34-27(37)9-10-28(34)38/h9-12,14-18,39-40H,8,13H2,1-7H3,(H,33,36). The number of imide groups is 1. The summed E-state index contributed by atoms with van der Waals surface area (Å²) in [6.07, 6.45) is 3.47. The monoisotopic (exact) mass is 543 g/mol. The van der Waals surface area contributed by atoms with Crippen molar-refractivity contribution in [2.75, 3.05) is 10.2 Å². The van der Waals surface area contributed by atoms with E-state index in [1.54, 1.807) is 6.92 Å². The van der Waals surface area contributed by atoms with Crippen molar-refractivity contribution in [2.45, 2.75) is 73.1 Å². The van der Waals surface area contributed by atoms with Crippen LogP contribution in [0.2, 0.25) is 0 Å². The SMILES string of the molecule is CCC(=O)Nc1cc(O)n(-c2c(C)cc(Cc3cc(C)c(N4C(=O)C=CC4=O)c(C(C)C)c3)cc2C(C)C)c1O. The molecule has 0 atom stereocenters. The Balaban J connectivity index is 1.77. The maximum absolute atomic E-state index is 12.5. The van der Waals surface area contributed by atoms with Crippen LogP contribution in [0.3, 0.4) is 0 Å². The van der Waals surface area contributed by atoms with E-state index in [4.69, 9.17) is 0 Å². The third-order valence-corrected chi connectivity index (χ3v) is 7.24. The fourth-order valence-electron chi connectivity index (χ4n) is 5.36. The Morgan fingerprint density at radius 3 is 1.82 bits per heavy atom. The van der Waals surface area contributed by atoms with Gasteiger partial charge in [-0.1, -0.05) is 58.9 Å². The van der Waals surface area contributed by atoms with Gasteiger partial charge in [-0.3, -0.25) is 14.4 Å². The Bertz CT molecular complexity index is 1530. The second kappa shape index (κ2) is 11.0. The summed E-state index contributed by atoms with van der Waals surface area (Å²) in [7, 11) is 0. The minimum Gasteiger partial charge on any atom is -0.494 e. The Hall–Kier alpha value is -4.33. The molecule has 0 aliphatic carbocycles. The third kappa shape index (κ3) is 5.26. The summed E-state index contributed by atoms with van der Waals surface area (Å²) in [6, 6.07) is 9.54. The number of hydrogen-bond acceptors (Lipinski definition) is 5. The highest BCUT2D eigenvalue weighted by atomic mass is 16.3. The van der Waals surface area contributed by atoms with Crippen LogP contribution in [0.25, 0.3) is 5.69 Å². The van der Waals surface area contributed by atoms with Gasteiger partial charge < -0.3 is 15.5 Å². The van der Waals surface area contributed by atoms with E-state index in [0.717, 1.165) is 33.4 Å². The molecule has 0 bridgehead atoms. The molecule has 3 N–H and O–H groups in total. The number of carbonyl (C=O) groups excluding carboxylic acids is 3. The zero-order chi connectivity index (χ0) is 29.5. The summed E-state index contributed by atoms with van der Waals surface area (Å²) in [5.74, 6) is -1.17. The number of aromatic nitrogens is 1. The molecule has 1 aliphatic rings. The average molecular weight is 544 g/mol. The van der Waals surface area contributed by atoms with Gasteiger partial charge in [-0.2, -0.15) is 0 Å². The van der Waals surface area contributed by atoms with E-state index < -0.39 is 0 Å². The maximum atomic E-state index is 12.5. The van der Waals surface area contributed by atoms with Gasteiger partial charge in [-0.25, -0.2) is 9.47 Å². The normalized spacial score (nSPS) is 13.3. The quantitative estimate of drug-likeness (QED) is 0.296. The van der Waals surface area contributed by atoms with Gasteiger partial charge in [0.2, 0.25) is 17.7 Å². The fourth-order valence-corrected chi connectivity index (χ4v) is 5.36. The number of aromatic hydroxyl groups is 2. The fraction of sp³-hybridized carbons (Fsp3) is 0.344. The predicted molar refractivity (Wildman–Crippen MR) is 157 cm³/mol. The number of benzene rings is 2. The number of nitrogens with one attached hydrogen (secondary N) is 1. The van der Waals surface area contributed by atoms with Crippen molar-refractivity contribution in [3.8, 4) is 17.4 Å². The summed E-state index contributed by atoms with van der Waals surface area (Å²) in [4.78, 5) is 38.1. The topological polar surface area (TPSA) is 112 Å². The molecular formula is C32H37N3O5. The van der Waals surface area contributed by atoms with E-state index in [0.29, 0.717) is 17.8 Å². The molecule has 1 aromatic heterocycles. The summed E-state index contributed by atoms with van der Waals surface area (Å²) in [5, 5.41) is 24.3. The molecule has 0 fully saturated rings. The van der Waals surface area contributed by atoms with Crippen LogP contribution in [0.5, 0.6) is 11.8 Å². The van der Waals surface area contributed by atoms with Gasteiger partial charge >= 0.3 is 0 Å². The van der Waals surface area contributed by atoms with Crippen LogP contribution < -0.4 is 10.2 Å². The maximum Gasteiger partial charge on any atom is 0.258 e. The van der Waals surface area contributed by atoms with E-state index in [1.165, 1.54) is 27.7 Å². The minimum atomic E-state index is -0.329. The van der Waals surface area contributed by atoms with E-state index in [-0.39, 0.29) is 53.4 Å². The first-order valence-corrected chi connectivity index (χ1v) is 13.6. The Kier molecular flexibility index (Phi) is 7.91. The number of carbonyl (C=O) groups is 3. The lowest BCUT2D eigenvalue weighted by molar-refractivity contribution is -0.120. The average Bonchev–Trinajstić information content (AvgIpc) is 3.34. The van der Waals surface area contributed by atoms with Crippen molar-refractivity contribution in [3.63, 3.8) is 0 Å². The van der Waals surface area contributed by atoms with E-state index >= 15 is 0 Å². The number of hydrogen-bond donors (Lipinski definition) is 3. The van der Waals surface area contributed by atoms with E-state index in [9.17, 15) is 24.6 Å². The second-order valence-corrected chi connectivity index (χ2v) is 11.0. The molecular weight excluding hydrogens is 506 g/mol. The lowest BCUT2D eigenvalue weighted by Crippen LogP contribution is -2.31. The zero-order valence-corrected chi connectivity index (χ0v) is 24.1. The summed E-state index contributed by atoms with van der Waals surface area (Å²) < 4.78 is 1.37. The van der Waals surface area contributed by atoms with Crippen LogP contribution >= 0.6 is 0 Å². The molecule has 3 amide bonds. The van der Waals surface area contributed by atoms with Gasteiger partial charge in [0.1, 0.15) is 5.69 Å². The third-order valence-electron chi connectivity index (χ3n) is 7.24. The molecule has 4 rings (SSSR count). The van der Waals surface area contributed by atoms with Crippen molar-refractivity contribution in [2.24, 2.45) is 0 Å². The highest BCUT2D eigenvalue weighted by Gasteiger charge is 2.30. The van der Waals surface area contributed by atoms with Crippen molar-refractivity contribution in [1.29, 1.82) is 0 Å². The molecule has 0 radical (unpaired) electrons. The number of aryl methyl sites for hydroxylation is 2.